The van der Waals surface area contributed by atoms with E-state index in [0.29, 0.717) is 12.0 Å². The van der Waals surface area contributed by atoms with Crippen LogP contribution in [0.25, 0.3) is 0 Å². The van der Waals surface area contributed by atoms with E-state index in [-0.39, 0.29) is 0 Å². The maximum atomic E-state index is 5.81. The molecule has 2 heterocycles. The molecule has 0 aromatic carbocycles. The molecule has 0 amide bonds. The van der Waals surface area contributed by atoms with Crippen LogP contribution in [0.3, 0.4) is 0 Å². The summed E-state index contributed by atoms with van der Waals surface area (Å²) < 4.78 is 5.81. The second-order valence-electron chi connectivity index (χ2n) is 5.08. The van der Waals surface area contributed by atoms with Crippen LogP contribution in [-0.4, -0.2) is 19.2 Å². The zero-order chi connectivity index (χ0) is 12.4. The Morgan fingerprint density at radius 2 is 2.50 bits per heavy atom. The number of thiophene rings is 1. The van der Waals surface area contributed by atoms with Crippen molar-refractivity contribution in [3.05, 3.63) is 33.7 Å². The molecular weight excluding hydrogens is 242 g/mol. The number of fused-ring (bicyclic) bond motifs is 1. The van der Waals surface area contributed by atoms with E-state index >= 15 is 0 Å². The highest BCUT2D eigenvalue weighted by Gasteiger charge is 2.32. The topological polar surface area (TPSA) is 21.3 Å². The maximum Gasteiger partial charge on any atom is 0.110 e. The molecule has 0 spiro atoms. The average molecular weight is 263 g/mol. The van der Waals surface area contributed by atoms with E-state index in [1.54, 1.807) is 10.4 Å². The highest BCUT2D eigenvalue weighted by Crippen LogP contribution is 2.39. The number of hydrogen-bond donors (Lipinski definition) is 1. The summed E-state index contributed by atoms with van der Waals surface area (Å²) in [6.07, 6.45) is 7.20. The molecule has 2 aliphatic rings. The summed E-state index contributed by atoms with van der Waals surface area (Å²) in [7, 11) is 0. The number of hydrogen-bond acceptors (Lipinski definition) is 3. The molecule has 0 radical (unpaired) electrons. The smallest absolute Gasteiger partial charge is 0.110 e. The number of likely N-dealkylation sites (N-methyl/N-ethyl adjacent to an activating group) is 1. The number of rotatable bonds is 4. The van der Waals surface area contributed by atoms with Gasteiger partial charge in [-0.3, -0.25) is 0 Å². The number of nitrogens with one attached hydrogen (secondary N) is 1. The van der Waals surface area contributed by atoms with Crippen molar-refractivity contribution in [1.29, 1.82) is 0 Å². The molecular formula is C15H21NOS. The Morgan fingerprint density at radius 3 is 3.28 bits per heavy atom. The van der Waals surface area contributed by atoms with Crippen LogP contribution < -0.4 is 5.32 Å². The Labute approximate surface area is 113 Å². The molecule has 18 heavy (non-hydrogen) atoms. The van der Waals surface area contributed by atoms with Crippen LogP contribution in [0.15, 0.2) is 23.3 Å². The third kappa shape index (κ3) is 2.21. The minimum atomic E-state index is 0.381. The fourth-order valence-corrected chi connectivity index (χ4v) is 4.18. The first kappa shape index (κ1) is 12.2. The van der Waals surface area contributed by atoms with Crippen molar-refractivity contribution >= 4 is 11.3 Å². The van der Waals surface area contributed by atoms with Crippen molar-refractivity contribution in [3.8, 4) is 0 Å². The van der Waals surface area contributed by atoms with Crippen LogP contribution in [0.4, 0.5) is 0 Å². The Balaban J connectivity index is 1.87. The van der Waals surface area contributed by atoms with E-state index in [9.17, 15) is 0 Å². The first-order valence-electron chi connectivity index (χ1n) is 7.02. The number of ether oxygens (including phenoxy) is 1. The fourth-order valence-electron chi connectivity index (χ4n) is 3.18. The van der Waals surface area contributed by atoms with Crippen LogP contribution in [0.5, 0.6) is 0 Å². The van der Waals surface area contributed by atoms with Gasteiger partial charge in [-0.15, -0.1) is 11.3 Å². The molecule has 1 aromatic rings. The van der Waals surface area contributed by atoms with E-state index in [2.05, 4.69) is 29.8 Å². The lowest BCUT2D eigenvalue weighted by atomic mass is 9.81. The van der Waals surface area contributed by atoms with Gasteiger partial charge in [0.2, 0.25) is 0 Å². The predicted octanol–water partition coefficient (Wildman–Crippen LogP) is 3.45. The average Bonchev–Trinajstić information content (AvgIpc) is 3.06. The lowest BCUT2D eigenvalue weighted by Crippen LogP contribution is -2.38. The SMILES string of the molecule is CCNC(C1=CCCO1)C1CCCc2sccc21. The summed E-state index contributed by atoms with van der Waals surface area (Å²) in [6.45, 7) is 4.04. The molecule has 0 saturated heterocycles. The van der Waals surface area contributed by atoms with Gasteiger partial charge in [-0.25, -0.2) is 0 Å². The van der Waals surface area contributed by atoms with Gasteiger partial charge in [0.1, 0.15) is 5.76 Å². The molecule has 0 fully saturated rings. The molecule has 0 bridgehead atoms. The first-order chi connectivity index (χ1) is 8.90. The van der Waals surface area contributed by atoms with Crippen LogP contribution in [-0.2, 0) is 11.2 Å². The van der Waals surface area contributed by atoms with Crippen LogP contribution >= 0.6 is 11.3 Å². The lowest BCUT2D eigenvalue weighted by molar-refractivity contribution is 0.202. The summed E-state index contributed by atoms with van der Waals surface area (Å²) in [5, 5.41) is 5.88. The normalized spacial score (nSPS) is 24.3. The Morgan fingerprint density at radius 1 is 1.56 bits per heavy atom. The minimum Gasteiger partial charge on any atom is -0.496 e. The van der Waals surface area contributed by atoms with Gasteiger partial charge in [-0.05, 0) is 48.9 Å². The molecule has 2 atom stereocenters. The number of aryl methyl sites for hydroxylation is 1. The molecule has 1 N–H and O–H groups in total. The Hall–Kier alpha value is -0.800. The lowest BCUT2D eigenvalue weighted by Gasteiger charge is -2.31. The van der Waals surface area contributed by atoms with Gasteiger partial charge >= 0.3 is 0 Å². The van der Waals surface area contributed by atoms with E-state index in [0.717, 1.165) is 19.6 Å². The molecule has 2 unspecified atom stereocenters. The van der Waals surface area contributed by atoms with Crippen molar-refractivity contribution in [1.82, 2.24) is 5.32 Å². The van der Waals surface area contributed by atoms with Crippen LogP contribution in [0, 0.1) is 0 Å². The minimum absolute atomic E-state index is 0.381. The van der Waals surface area contributed by atoms with Gasteiger partial charge < -0.3 is 10.1 Å². The quantitative estimate of drug-likeness (QED) is 0.898. The van der Waals surface area contributed by atoms with E-state index in [1.165, 1.54) is 25.0 Å². The highest BCUT2D eigenvalue weighted by molar-refractivity contribution is 7.10. The van der Waals surface area contributed by atoms with E-state index in [1.807, 2.05) is 11.3 Å². The zero-order valence-electron chi connectivity index (χ0n) is 10.9. The summed E-state index contributed by atoms with van der Waals surface area (Å²) in [4.78, 5) is 1.59. The van der Waals surface area contributed by atoms with Gasteiger partial charge in [-0.2, -0.15) is 0 Å². The Kier molecular flexibility index (Phi) is 3.71. The highest BCUT2D eigenvalue weighted by atomic mass is 32.1. The van der Waals surface area contributed by atoms with Crippen molar-refractivity contribution in [2.24, 2.45) is 0 Å². The summed E-state index contributed by atoms with van der Waals surface area (Å²) in [5.41, 5.74) is 1.56. The standard InChI is InChI=1S/C15H21NOS/c1-2-16-15(13-6-4-9-17-13)12-5-3-7-14-11(12)8-10-18-14/h6,8,10,12,15-16H,2-5,7,9H2,1H3. The summed E-state index contributed by atoms with van der Waals surface area (Å²) in [6, 6.07) is 2.70. The van der Waals surface area contributed by atoms with Gasteiger partial charge in [-0.1, -0.05) is 6.92 Å². The molecule has 0 saturated carbocycles. The Bertz CT molecular complexity index is 437. The summed E-state index contributed by atoms with van der Waals surface area (Å²) >= 11 is 1.92. The van der Waals surface area contributed by atoms with Crippen LogP contribution in [0.2, 0.25) is 0 Å². The fraction of sp³-hybridized carbons (Fsp3) is 0.600. The largest absolute Gasteiger partial charge is 0.496 e. The monoisotopic (exact) mass is 263 g/mol. The second-order valence-corrected chi connectivity index (χ2v) is 6.08. The predicted molar refractivity (Wildman–Crippen MR) is 76.1 cm³/mol. The molecule has 2 nitrogen and oxygen atoms in total. The molecule has 1 aliphatic carbocycles. The van der Waals surface area contributed by atoms with E-state index < -0.39 is 0 Å². The van der Waals surface area contributed by atoms with Crippen LogP contribution in [0.1, 0.15) is 42.5 Å². The summed E-state index contributed by atoms with van der Waals surface area (Å²) in [5.74, 6) is 1.78. The van der Waals surface area contributed by atoms with Crippen molar-refractivity contribution in [2.45, 2.75) is 44.6 Å². The molecule has 1 aliphatic heterocycles. The van der Waals surface area contributed by atoms with E-state index in [4.69, 9.17) is 4.74 Å². The van der Waals surface area contributed by atoms with Gasteiger partial charge in [0.15, 0.2) is 0 Å². The molecule has 1 aromatic heterocycles. The molecule has 3 rings (SSSR count). The second kappa shape index (κ2) is 5.45. The third-order valence-electron chi connectivity index (χ3n) is 3.96. The maximum absolute atomic E-state index is 5.81. The van der Waals surface area contributed by atoms with Crippen molar-refractivity contribution < 1.29 is 4.74 Å². The zero-order valence-corrected chi connectivity index (χ0v) is 11.8. The van der Waals surface area contributed by atoms with Gasteiger partial charge in [0.25, 0.3) is 0 Å². The van der Waals surface area contributed by atoms with Crippen molar-refractivity contribution in [3.63, 3.8) is 0 Å². The molecule has 98 valence electrons. The third-order valence-corrected chi connectivity index (χ3v) is 4.96. The van der Waals surface area contributed by atoms with Crippen molar-refractivity contribution in [2.75, 3.05) is 13.2 Å². The first-order valence-corrected chi connectivity index (χ1v) is 7.90. The van der Waals surface area contributed by atoms with Gasteiger partial charge in [0.05, 0.1) is 12.6 Å². The molecule has 3 heteroatoms. The van der Waals surface area contributed by atoms with Gasteiger partial charge in [0, 0.05) is 17.2 Å².